The van der Waals surface area contributed by atoms with Crippen molar-refractivity contribution in [3.8, 4) is 5.75 Å². The Balaban J connectivity index is 2.54. The van der Waals surface area contributed by atoms with Gasteiger partial charge in [-0.3, -0.25) is 4.79 Å². The minimum absolute atomic E-state index is 0.155. The van der Waals surface area contributed by atoms with E-state index in [0.29, 0.717) is 6.54 Å². The maximum absolute atomic E-state index is 11.2. The number of ether oxygens (including phenoxy) is 1. The average Bonchev–Trinajstić information content (AvgIpc) is 2.26. The largest absolute Gasteiger partial charge is 0.497 e. The number of amides is 1. The van der Waals surface area contributed by atoms with Crippen molar-refractivity contribution in [3.63, 3.8) is 0 Å². The molecule has 0 unspecified atom stereocenters. The van der Waals surface area contributed by atoms with Crippen LogP contribution in [0.5, 0.6) is 5.75 Å². The van der Waals surface area contributed by atoms with Gasteiger partial charge in [-0.2, -0.15) is 0 Å². The maximum atomic E-state index is 11.2. The summed E-state index contributed by atoms with van der Waals surface area (Å²) >= 11 is 0. The second kappa shape index (κ2) is 5.36. The maximum Gasteiger partial charge on any atom is 0.236 e. The number of nitrogens with two attached hydrogens (primary N) is 1. The first kappa shape index (κ1) is 11.5. The summed E-state index contributed by atoms with van der Waals surface area (Å²) in [6.45, 7) is 2.12. The second-order valence-electron chi connectivity index (χ2n) is 3.36. The first-order chi connectivity index (χ1) is 7.13. The minimum Gasteiger partial charge on any atom is -0.497 e. The molecule has 0 bridgehead atoms. The van der Waals surface area contributed by atoms with Crippen LogP contribution in [0, 0.1) is 0 Å². The first-order valence-electron chi connectivity index (χ1n) is 4.79. The lowest BCUT2D eigenvalue weighted by atomic mass is 10.2. The summed E-state index contributed by atoms with van der Waals surface area (Å²) in [5.74, 6) is 0.625. The quantitative estimate of drug-likeness (QED) is 0.764. The van der Waals surface area contributed by atoms with Crippen LogP contribution in [0.4, 0.5) is 0 Å². The monoisotopic (exact) mass is 208 g/mol. The smallest absolute Gasteiger partial charge is 0.236 e. The Bertz CT molecular complexity index is 337. The lowest BCUT2D eigenvalue weighted by molar-refractivity contribution is -0.122. The van der Waals surface area contributed by atoms with Crippen molar-refractivity contribution in [2.75, 3.05) is 7.11 Å². The molecular formula is C11H16N2O2. The van der Waals surface area contributed by atoms with Gasteiger partial charge in [0, 0.05) is 6.54 Å². The van der Waals surface area contributed by atoms with Crippen molar-refractivity contribution in [2.45, 2.75) is 19.5 Å². The van der Waals surface area contributed by atoms with Gasteiger partial charge in [-0.15, -0.1) is 0 Å². The minimum atomic E-state index is -0.476. The molecule has 0 aliphatic carbocycles. The predicted molar refractivity (Wildman–Crippen MR) is 58.5 cm³/mol. The van der Waals surface area contributed by atoms with Gasteiger partial charge < -0.3 is 15.8 Å². The Morgan fingerprint density at radius 3 is 2.93 bits per heavy atom. The van der Waals surface area contributed by atoms with Crippen LogP contribution in [0.3, 0.4) is 0 Å². The standard InChI is InChI=1S/C11H16N2O2/c1-8(12)11(14)13-7-9-4-3-5-10(6-9)15-2/h3-6,8H,7,12H2,1-2H3,(H,13,14)/t8-/m1/s1. The van der Waals surface area contributed by atoms with E-state index in [2.05, 4.69) is 5.32 Å². The second-order valence-corrected chi connectivity index (χ2v) is 3.36. The van der Waals surface area contributed by atoms with Crippen LogP contribution in [0.1, 0.15) is 12.5 Å². The first-order valence-corrected chi connectivity index (χ1v) is 4.79. The van der Waals surface area contributed by atoms with Crippen LogP contribution in [-0.4, -0.2) is 19.1 Å². The third-order valence-corrected chi connectivity index (χ3v) is 2.01. The number of methoxy groups -OCH3 is 1. The highest BCUT2D eigenvalue weighted by Gasteiger charge is 2.06. The number of hydrogen-bond acceptors (Lipinski definition) is 3. The molecule has 1 aromatic carbocycles. The zero-order chi connectivity index (χ0) is 11.3. The Labute approximate surface area is 89.4 Å². The summed E-state index contributed by atoms with van der Waals surface area (Å²) in [6.07, 6.45) is 0. The molecule has 1 rings (SSSR count). The summed E-state index contributed by atoms with van der Waals surface area (Å²) in [7, 11) is 1.61. The summed E-state index contributed by atoms with van der Waals surface area (Å²) in [6, 6.07) is 7.06. The zero-order valence-electron chi connectivity index (χ0n) is 8.99. The van der Waals surface area contributed by atoms with Crippen molar-refractivity contribution < 1.29 is 9.53 Å². The van der Waals surface area contributed by atoms with Gasteiger partial charge in [-0.1, -0.05) is 12.1 Å². The highest BCUT2D eigenvalue weighted by atomic mass is 16.5. The third kappa shape index (κ3) is 3.59. The van der Waals surface area contributed by atoms with Gasteiger partial charge >= 0.3 is 0 Å². The van der Waals surface area contributed by atoms with Crippen molar-refractivity contribution >= 4 is 5.91 Å². The molecule has 0 heterocycles. The van der Waals surface area contributed by atoms with Crippen LogP contribution in [0.15, 0.2) is 24.3 Å². The zero-order valence-corrected chi connectivity index (χ0v) is 8.99. The highest BCUT2D eigenvalue weighted by molar-refractivity contribution is 5.80. The van der Waals surface area contributed by atoms with E-state index in [4.69, 9.17) is 10.5 Å². The molecule has 0 spiro atoms. The van der Waals surface area contributed by atoms with E-state index in [1.54, 1.807) is 14.0 Å². The van der Waals surface area contributed by atoms with Gasteiger partial charge in [0.25, 0.3) is 0 Å². The van der Waals surface area contributed by atoms with Crippen molar-refractivity contribution in [1.29, 1.82) is 0 Å². The Kier molecular flexibility index (Phi) is 4.12. The highest BCUT2D eigenvalue weighted by Crippen LogP contribution is 2.11. The molecular weight excluding hydrogens is 192 g/mol. The summed E-state index contributed by atoms with van der Waals surface area (Å²) in [5, 5.41) is 2.73. The Morgan fingerprint density at radius 1 is 1.60 bits per heavy atom. The number of carbonyl (C=O) groups excluding carboxylic acids is 1. The summed E-state index contributed by atoms with van der Waals surface area (Å²) in [5.41, 5.74) is 6.41. The fourth-order valence-electron chi connectivity index (χ4n) is 1.13. The van der Waals surface area contributed by atoms with Crippen molar-refractivity contribution in [3.05, 3.63) is 29.8 Å². The normalized spacial score (nSPS) is 11.9. The fourth-order valence-corrected chi connectivity index (χ4v) is 1.13. The van der Waals surface area contributed by atoms with Gasteiger partial charge in [0.2, 0.25) is 5.91 Å². The molecule has 1 aromatic rings. The van der Waals surface area contributed by atoms with E-state index in [1.165, 1.54) is 0 Å². The molecule has 15 heavy (non-hydrogen) atoms. The lowest BCUT2D eigenvalue weighted by Crippen LogP contribution is -2.37. The predicted octanol–water partition coefficient (Wildman–Crippen LogP) is 0.659. The molecule has 0 saturated carbocycles. The molecule has 0 aliphatic heterocycles. The summed E-state index contributed by atoms with van der Waals surface area (Å²) in [4.78, 5) is 11.2. The lowest BCUT2D eigenvalue weighted by Gasteiger charge is -2.08. The topological polar surface area (TPSA) is 64.3 Å². The van der Waals surface area contributed by atoms with Gasteiger partial charge in [-0.25, -0.2) is 0 Å². The molecule has 4 nitrogen and oxygen atoms in total. The average molecular weight is 208 g/mol. The number of carbonyl (C=O) groups is 1. The van der Waals surface area contributed by atoms with Gasteiger partial charge in [0.05, 0.1) is 13.2 Å². The molecule has 82 valence electrons. The summed E-state index contributed by atoms with van der Waals surface area (Å²) < 4.78 is 5.07. The number of benzene rings is 1. The molecule has 0 fully saturated rings. The van der Waals surface area contributed by atoms with Gasteiger partial charge in [0.15, 0.2) is 0 Å². The van der Waals surface area contributed by atoms with Gasteiger partial charge in [-0.05, 0) is 24.6 Å². The van der Waals surface area contributed by atoms with Crippen molar-refractivity contribution in [2.24, 2.45) is 5.73 Å². The molecule has 0 aliphatic rings. The van der Waals surface area contributed by atoms with E-state index < -0.39 is 6.04 Å². The molecule has 1 amide bonds. The number of hydrogen-bond donors (Lipinski definition) is 2. The van der Waals surface area contributed by atoms with E-state index in [0.717, 1.165) is 11.3 Å². The molecule has 0 saturated heterocycles. The number of nitrogens with one attached hydrogen (secondary N) is 1. The van der Waals surface area contributed by atoms with Crippen LogP contribution in [0.25, 0.3) is 0 Å². The van der Waals surface area contributed by atoms with E-state index in [-0.39, 0.29) is 5.91 Å². The Hall–Kier alpha value is -1.55. The van der Waals surface area contributed by atoms with Crippen LogP contribution < -0.4 is 15.8 Å². The molecule has 3 N–H and O–H groups in total. The van der Waals surface area contributed by atoms with Gasteiger partial charge in [0.1, 0.15) is 5.75 Å². The molecule has 4 heteroatoms. The molecule has 0 radical (unpaired) electrons. The SMILES string of the molecule is COc1cccc(CNC(=O)[C@@H](C)N)c1. The van der Waals surface area contributed by atoms with Crippen LogP contribution in [-0.2, 0) is 11.3 Å². The van der Waals surface area contributed by atoms with E-state index in [1.807, 2.05) is 24.3 Å². The van der Waals surface area contributed by atoms with Crippen LogP contribution in [0.2, 0.25) is 0 Å². The van der Waals surface area contributed by atoms with E-state index in [9.17, 15) is 4.79 Å². The fraction of sp³-hybridized carbons (Fsp3) is 0.364. The number of rotatable bonds is 4. The van der Waals surface area contributed by atoms with E-state index >= 15 is 0 Å². The molecule has 1 atom stereocenters. The third-order valence-electron chi connectivity index (χ3n) is 2.01. The molecule has 0 aromatic heterocycles. The Morgan fingerprint density at radius 2 is 2.33 bits per heavy atom. The van der Waals surface area contributed by atoms with Crippen molar-refractivity contribution in [1.82, 2.24) is 5.32 Å². The van der Waals surface area contributed by atoms with Crippen LogP contribution >= 0.6 is 0 Å².